The van der Waals surface area contributed by atoms with Gasteiger partial charge in [0.1, 0.15) is 6.04 Å². The van der Waals surface area contributed by atoms with Crippen LogP contribution in [0.3, 0.4) is 0 Å². The summed E-state index contributed by atoms with van der Waals surface area (Å²) < 4.78 is 0. The van der Waals surface area contributed by atoms with Crippen LogP contribution in [0.5, 0.6) is 0 Å². The first-order valence-electron chi connectivity index (χ1n) is 6.58. The molecule has 2 aromatic rings. The average Bonchev–Trinajstić information content (AvgIpc) is 2.86. The van der Waals surface area contributed by atoms with Crippen molar-refractivity contribution in [2.75, 3.05) is 7.05 Å². The molecule has 0 aliphatic heterocycles. The number of aliphatic carboxylic acids is 1. The Hall–Kier alpha value is -2.30. The van der Waals surface area contributed by atoms with Crippen LogP contribution in [0.4, 0.5) is 0 Å². The Balaban J connectivity index is 2.29. The van der Waals surface area contributed by atoms with Gasteiger partial charge in [-0.05, 0) is 11.6 Å². The standard InChI is InChI=1S/C15H18N2O3/c1-3-14(18)17(2)13(15(19)20)8-10-9-16-12-7-5-4-6-11(10)12/h4-7,9,13,16H,3,8H2,1-2H3,(H,19,20)/t13-/m0/s1. The zero-order chi connectivity index (χ0) is 14.7. The summed E-state index contributed by atoms with van der Waals surface area (Å²) in [6.07, 6.45) is 2.40. The lowest BCUT2D eigenvalue weighted by atomic mass is 10.0. The Morgan fingerprint density at radius 2 is 2.05 bits per heavy atom. The van der Waals surface area contributed by atoms with E-state index in [0.29, 0.717) is 12.8 Å². The van der Waals surface area contributed by atoms with E-state index in [1.807, 2.05) is 30.5 Å². The Labute approximate surface area is 117 Å². The van der Waals surface area contributed by atoms with Crippen molar-refractivity contribution in [1.82, 2.24) is 9.88 Å². The largest absolute Gasteiger partial charge is 0.480 e. The molecule has 0 fully saturated rings. The molecule has 0 aliphatic carbocycles. The van der Waals surface area contributed by atoms with E-state index >= 15 is 0 Å². The maximum Gasteiger partial charge on any atom is 0.326 e. The van der Waals surface area contributed by atoms with E-state index in [1.165, 1.54) is 4.90 Å². The quantitative estimate of drug-likeness (QED) is 0.876. The fourth-order valence-corrected chi connectivity index (χ4v) is 2.32. The van der Waals surface area contributed by atoms with E-state index in [0.717, 1.165) is 16.5 Å². The second-order valence-electron chi connectivity index (χ2n) is 4.78. The molecule has 5 nitrogen and oxygen atoms in total. The summed E-state index contributed by atoms with van der Waals surface area (Å²) in [7, 11) is 1.54. The number of carboxylic acids is 1. The second-order valence-corrected chi connectivity index (χ2v) is 4.78. The van der Waals surface area contributed by atoms with Gasteiger partial charge in [0.15, 0.2) is 0 Å². The highest BCUT2D eigenvalue weighted by molar-refractivity contribution is 5.86. The van der Waals surface area contributed by atoms with Crippen LogP contribution in [-0.4, -0.2) is 40.0 Å². The number of nitrogens with one attached hydrogen (secondary N) is 1. The van der Waals surface area contributed by atoms with Gasteiger partial charge in [0.2, 0.25) is 5.91 Å². The third-order valence-corrected chi connectivity index (χ3v) is 3.54. The van der Waals surface area contributed by atoms with E-state index in [1.54, 1.807) is 14.0 Å². The Morgan fingerprint density at radius 1 is 1.35 bits per heavy atom. The molecule has 0 aliphatic rings. The summed E-state index contributed by atoms with van der Waals surface area (Å²) in [5.74, 6) is -1.16. The average molecular weight is 274 g/mol. The van der Waals surface area contributed by atoms with Crippen molar-refractivity contribution in [3.63, 3.8) is 0 Å². The number of fused-ring (bicyclic) bond motifs is 1. The normalized spacial score (nSPS) is 12.3. The summed E-state index contributed by atoms with van der Waals surface area (Å²) in [4.78, 5) is 27.6. The van der Waals surface area contributed by atoms with Crippen molar-refractivity contribution in [3.05, 3.63) is 36.0 Å². The van der Waals surface area contributed by atoms with Gasteiger partial charge >= 0.3 is 5.97 Å². The third-order valence-electron chi connectivity index (χ3n) is 3.54. The molecule has 106 valence electrons. The molecule has 0 saturated carbocycles. The Bertz CT molecular complexity index is 633. The monoisotopic (exact) mass is 274 g/mol. The van der Waals surface area contributed by atoms with Crippen molar-refractivity contribution in [3.8, 4) is 0 Å². The van der Waals surface area contributed by atoms with Crippen molar-refractivity contribution in [1.29, 1.82) is 0 Å². The number of hydrogen-bond donors (Lipinski definition) is 2. The number of nitrogens with zero attached hydrogens (tertiary/aromatic N) is 1. The minimum absolute atomic E-state index is 0.169. The number of H-pyrrole nitrogens is 1. The molecular formula is C15H18N2O3. The van der Waals surface area contributed by atoms with Crippen LogP contribution in [0.25, 0.3) is 10.9 Å². The van der Waals surface area contributed by atoms with Crippen molar-refractivity contribution in [2.24, 2.45) is 0 Å². The van der Waals surface area contributed by atoms with Gasteiger partial charge in [-0.3, -0.25) is 4.79 Å². The number of amides is 1. The van der Waals surface area contributed by atoms with Crippen molar-refractivity contribution < 1.29 is 14.7 Å². The molecule has 1 aromatic heterocycles. The number of carbonyl (C=O) groups is 2. The number of para-hydroxylation sites is 1. The molecule has 1 atom stereocenters. The molecule has 0 spiro atoms. The van der Waals surface area contributed by atoms with Gasteiger partial charge in [-0.15, -0.1) is 0 Å². The third kappa shape index (κ3) is 2.66. The van der Waals surface area contributed by atoms with Gasteiger partial charge in [-0.1, -0.05) is 25.1 Å². The van der Waals surface area contributed by atoms with Crippen LogP contribution >= 0.6 is 0 Å². The number of aromatic nitrogens is 1. The van der Waals surface area contributed by atoms with Crippen LogP contribution in [-0.2, 0) is 16.0 Å². The van der Waals surface area contributed by atoms with E-state index in [9.17, 15) is 14.7 Å². The van der Waals surface area contributed by atoms with E-state index in [2.05, 4.69) is 4.98 Å². The minimum Gasteiger partial charge on any atom is -0.480 e. The van der Waals surface area contributed by atoms with Crippen molar-refractivity contribution in [2.45, 2.75) is 25.8 Å². The highest BCUT2D eigenvalue weighted by Crippen LogP contribution is 2.20. The molecule has 5 heteroatoms. The zero-order valence-corrected chi connectivity index (χ0v) is 11.6. The molecule has 0 bridgehead atoms. The summed E-state index contributed by atoms with van der Waals surface area (Å²) in [5.41, 5.74) is 1.87. The molecule has 0 saturated heterocycles. The minimum atomic E-state index is -0.986. The molecule has 1 aromatic carbocycles. The highest BCUT2D eigenvalue weighted by Gasteiger charge is 2.26. The zero-order valence-electron chi connectivity index (χ0n) is 11.6. The fourth-order valence-electron chi connectivity index (χ4n) is 2.32. The van der Waals surface area contributed by atoms with Gasteiger partial charge in [0.05, 0.1) is 0 Å². The van der Waals surface area contributed by atoms with Crippen LogP contribution in [0.15, 0.2) is 30.5 Å². The number of hydrogen-bond acceptors (Lipinski definition) is 2. The lowest BCUT2D eigenvalue weighted by molar-refractivity contribution is -0.148. The number of carbonyl (C=O) groups excluding carboxylic acids is 1. The van der Waals surface area contributed by atoms with Crippen molar-refractivity contribution >= 4 is 22.8 Å². The summed E-state index contributed by atoms with van der Waals surface area (Å²) in [6, 6.07) is 6.87. The van der Waals surface area contributed by atoms with E-state index < -0.39 is 12.0 Å². The predicted molar refractivity (Wildman–Crippen MR) is 76.5 cm³/mol. The lowest BCUT2D eigenvalue weighted by Gasteiger charge is -2.24. The second kappa shape index (κ2) is 5.77. The molecule has 1 heterocycles. The van der Waals surface area contributed by atoms with Gasteiger partial charge in [-0.25, -0.2) is 4.79 Å². The SMILES string of the molecule is CCC(=O)N(C)[C@@H](Cc1c[nH]c2ccccc12)C(=O)O. The topological polar surface area (TPSA) is 73.4 Å². The molecule has 1 amide bonds. The molecule has 2 N–H and O–H groups in total. The highest BCUT2D eigenvalue weighted by atomic mass is 16.4. The number of aromatic amines is 1. The maximum absolute atomic E-state index is 11.7. The van der Waals surface area contributed by atoms with Gasteiger partial charge < -0.3 is 15.0 Å². The van der Waals surface area contributed by atoms with E-state index in [-0.39, 0.29) is 5.91 Å². The number of carboxylic acid groups (broad SMARTS) is 1. The molecule has 0 unspecified atom stereocenters. The first-order valence-corrected chi connectivity index (χ1v) is 6.58. The van der Waals surface area contributed by atoms with Crippen LogP contribution < -0.4 is 0 Å². The Kier molecular flexibility index (Phi) is 4.08. The predicted octanol–water partition coefficient (Wildman–Crippen LogP) is 2.03. The lowest BCUT2D eigenvalue weighted by Crippen LogP contribution is -2.43. The van der Waals surface area contributed by atoms with Gasteiger partial charge in [0, 0.05) is 37.0 Å². The first-order chi connectivity index (χ1) is 9.54. The van der Waals surface area contributed by atoms with Gasteiger partial charge in [-0.2, -0.15) is 0 Å². The van der Waals surface area contributed by atoms with Crippen LogP contribution in [0, 0.1) is 0 Å². The number of likely N-dealkylation sites (N-methyl/N-ethyl adjacent to an activating group) is 1. The molecule has 0 radical (unpaired) electrons. The summed E-state index contributed by atoms with van der Waals surface area (Å²) in [5, 5.41) is 10.4. The first kappa shape index (κ1) is 14.1. The van der Waals surface area contributed by atoms with Crippen LogP contribution in [0.2, 0.25) is 0 Å². The number of rotatable bonds is 5. The maximum atomic E-state index is 11.7. The smallest absolute Gasteiger partial charge is 0.326 e. The van der Waals surface area contributed by atoms with Gasteiger partial charge in [0.25, 0.3) is 0 Å². The van der Waals surface area contributed by atoms with E-state index in [4.69, 9.17) is 0 Å². The summed E-state index contributed by atoms with van der Waals surface area (Å²) in [6.45, 7) is 1.73. The number of benzene rings is 1. The molecule has 20 heavy (non-hydrogen) atoms. The fraction of sp³-hybridized carbons (Fsp3) is 0.333. The molecular weight excluding hydrogens is 256 g/mol. The van der Waals surface area contributed by atoms with Crippen LogP contribution in [0.1, 0.15) is 18.9 Å². The Morgan fingerprint density at radius 3 is 2.70 bits per heavy atom. The molecule has 2 rings (SSSR count). The summed E-state index contributed by atoms with van der Waals surface area (Å²) >= 11 is 0.